The lowest BCUT2D eigenvalue weighted by Crippen LogP contribution is -2.33. The van der Waals surface area contributed by atoms with Crippen LogP contribution >= 0.6 is 22.7 Å². The Morgan fingerprint density at radius 3 is 1.32 bits per heavy atom. The SMILES string of the molecule is CC1(C)CCC(C)(C)c2cc(-c3nc(-c4ccc(-c5cccc6ccc(-c7ccc8sc9cc(-c%10nc(-c%11ccc%12c(c%11)C(C)(C)CCC%12(C)C)nc(-c%11cccc%12c%11oc%11ccccc%11%12)n%10)ccc9c8c7)cc56)cc4)nc(-c4ccc5c(c4)sc4ccccc45)n3)ccc21. The normalized spacial score (nSPS) is 15.5. The van der Waals surface area contributed by atoms with Crippen LogP contribution in [0.15, 0.2) is 223 Å². The van der Waals surface area contributed by atoms with Crippen molar-refractivity contribution in [1.82, 2.24) is 29.9 Å². The number of nitrogens with zero attached hydrogens (tertiary/aromatic N) is 6. The van der Waals surface area contributed by atoms with Gasteiger partial charge in [-0.15, -0.1) is 22.7 Å². The molecule has 0 amide bonds. The van der Waals surface area contributed by atoms with E-state index in [4.69, 9.17) is 34.3 Å². The number of benzene rings is 11. The summed E-state index contributed by atoms with van der Waals surface area (Å²) in [6, 6.07) is 79.4. The van der Waals surface area contributed by atoms with Gasteiger partial charge in [-0.2, -0.15) is 0 Å². The molecule has 5 aromatic heterocycles. The molecule has 9 heteroatoms. The quantitative estimate of drug-likeness (QED) is 0.150. The van der Waals surface area contributed by atoms with E-state index in [9.17, 15) is 0 Å². The van der Waals surface area contributed by atoms with Gasteiger partial charge >= 0.3 is 0 Å². The first-order valence-corrected chi connectivity index (χ1v) is 34.8. The van der Waals surface area contributed by atoms with E-state index in [1.165, 1.54) is 73.4 Å². The van der Waals surface area contributed by atoms with Gasteiger partial charge in [0.1, 0.15) is 11.2 Å². The lowest BCUT2D eigenvalue weighted by atomic mass is 9.63. The minimum atomic E-state index is 0.0187. The number of hydrogen-bond acceptors (Lipinski definition) is 9. The van der Waals surface area contributed by atoms with Crippen LogP contribution in [0.3, 0.4) is 0 Å². The summed E-state index contributed by atoms with van der Waals surface area (Å²) in [7, 11) is 0. The third kappa shape index (κ3) is 9.63. The van der Waals surface area contributed by atoms with E-state index in [1.807, 2.05) is 23.5 Å². The van der Waals surface area contributed by atoms with Crippen LogP contribution in [0.2, 0.25) is 0 Å². The topological polar surface area (TPSA) is 90.5 Å². The molecule has 0 saturated carbocycles. The molecule has 0 atom stereocenters. The second-order valence-electron chi connectivity index (χ2n) is 29.1. The number of thiophene rings is 2. The van der Waals surface area contributed by atoms with Crippen LogP contribution in [0.4, 0.5) is 0 Å². The summed E-state index contributed by atoms with van der Waals surface area (Å²) in [5, 5.41) is 9.41. The van der Waals surface area contributed by atoms with Crippen LogP contribution in [0.25, 0.3) is 164 Å². The van der Waals surface area contributed by atoms with E-state index in [1.54, 1.807) is 11.3 Å². The molecule has 7 nitrogen and oxygen atoms in total. The number of para-hydroxylation sites is 2. The highest BCUT2D eigenvalue weighted by Gasteiger charge is 2.39. The molecular formula is C86H68N6OS2. The van der Waals surface area contributed by atoms with Crippen molar-refractivity contribution in [2.24, 2.45) is 0 Å². The lowest BCUT2D eigenvalue weighted by molar-refractivity contribution is 0.332. The third-order valence-corrected chi connectivity index (χ3v) is 23.4. The highest BCUT2D eigenvalue weighted by Crippen LogP contribution is 2.50. The van der Waals surface area contributed by atoms with E-state index >= 15 is 0 Å². The molecule has 0 aliphatic heterocycles. The van der Waals surface area contributed by atoms with Gasteiger partial charge in [0, 0.05) is 78.9 Å². The first kappa shape index (κ1) is 57.6. The van der Waals surface area contributed by atoms with E-state index < -0.39 is 0 Å². The van der Waals surface area contributed by atoms with Crippen LogP contribution < -0.4 is 0 Å². The molecule has 18 rings (SSSR count). The highest BCUT2D eigenvalue weighted by molar-refractivity contribution is 7.26. The fraction of sp³-hybridized carbons (Fsp3) is 0.186. The van der Waals surface area contributed by atoms with Gasteiger partial charge in [0.15, 0.2) is 34.9 Å². The Morgan fingerprint density at radius 1 is 0.274 bits per heavy atom. The predicted octanol–water partition coefficient (Wildman–Crippen LogP) is 23.9. The fourth-order valence-electron chi connectivity index (χ4n) is 15.4. The Bertz CT molecular complexity index is 5880. The first-order valence-electron chi connectivity index (χ1n) is 33.2. The second-order valence-corrected chi connectivity index (χ2v) is 31.3. The molecule has 0 N–H and O–H groups in total. The van der Waals surface area contributed by atoms with E-state index in [-0.39, 0.29) is 21.7 Å². The molecule has 5 heterocycles. The summed E-state index contributed by atoms with van der Waals surface area (Å²) >= 11 is 3.61. The van der Waals surface area contributed by atoms with E-state index in [0.717, 1.165) is 103 Å². The smallest absolute Gasteiger partial charge is 0.167 e. The van der Waals surface area contributed by atoms with Crippen molar-refractivity contribution in [1.29, 1.82) is 0 Å². The number of rotatable bonds is 8. The molecule has 2 aliphatic rings. The summed E-state index contributed by atoms with van der Waals surface area (Å²) < 4.78 is 11.5. The molecular weight excluding hydrogens is 1200 g/mol. The summed E-state index contributed by atoms with van der Waals surface area (Å²) in [6.07, 6.45) is 4.54. The molecule has 2 aliphatic carbocycles. The second kappa shape index (κ2) is 21.2. The maximum Gasteiger partial charge on any atom is 0.167 e. The van der Waals surface area contributed by atoms with Gasteiger partial charge in [-0.05, 0) is 163 Å². The van der Waals surface area contributed by atoms with Crippen LogP contribution in [0.1, 0.15) is 103 Å². The van der Waals surface area contributed by atoms with Crippen LogP contribution in [-0.2, 0) is 21.7 Å². The van der Waals surface area contributed by atoms with Crippen molar-refractivity contribution in [3.05, 3.63) is 241 Å². The molecule has 16 aromatic rings. The lowest BCUT2D eigenvalue weighted by Gasteiger charge is -2.42. The third-order valence-electron chi connectivity index (χ3n) is 21.2. The van der Waals surface area contributed by atoms with Gasteiger partial charge in [-0.1, -0.05) is 213 Å². The summed E-state index contributed by atoms with van der Waals surface area (Å²) in [4.78, 5) is 31.9. The average molecular weight is 1270 g/mol. The predicted molar refractivity (Wildman–Crippen MR) is 398 cm³/mol. The standard InChI is InChI=1S/C86H68N6OS2/c1-83(2)39-41-85(5,6)69-45-54(31-36-67(69)83)78-87-77(88-80(89-78)56-29-34-61-60-17-10-12-22-72(60)94-74(61)47-56)51-26-23-50(24-27-51)58-18-13-15-49-25-28-52(43-65(49)58)53-33-38-73-66(44-53)62-35-30-57(48-75(62)95-73)81-90-79(55-32-37-68-70(46-55)86(7,8)42-40-84(68,3)4)91-82(92-81)64-20-14-19-63-59-16-9-11-21-71(59)93-76(63)64/h9-38,43-48H,39-42H2,1-8H3. The molecule has 0 spiro atoms. The number of hydrogen-bond donors (Lipinski definition) is 0. The Hall–Kier alpha value is -10.1. The summed E-state index contributed by atoms with van der Waals surface area (Å²) in [5.74, 6) is 3.84. The van der Waals surface area contributed by atoms with Gasteiger partial charge in [0.25, 0.3) is 0 Å². The first-order chi connectivity index (χ1) is 45.9. The van der Waals surface area contributed by atoms with Gasteiger partial charge in [0.05, 0.1) is 5.56 Å². The molecule has 0 unspecified atom stereocenters. The number of furan rings is 1. The zero-order valence-electron chi connectivity index (χ0n) is 54.5. The summed E-state index contributed by atoms with van der Waals surface area (Å²) in [5.41, 5.74) is 17.7. The van der Waals surface area contributed by atoms with Gasteiger partial charge in [0.2, 0.25) is 0 Å². The Labute approximate surface area is 560 Å². The number of aromatic nitrogens is 6. The maximum absolute atomic E-state index is 6.61. The van der Waals surface area contributed by atoms with Crippen LogP contribution in [-0.4, -0.2) is 29.9 Å². The molecule has 460 valence electrons. The van der Waals surface area contributed by atoms with Crippen molar-refractivity contribution in [3.63, 3.8) is 0 Å². The molecule has 0 saturated heterocycles. The molecule has 95 heavy (non-hydrogen) atoms. The Balaban J connectivity index is 0.694. The summed E-state index contributed by atoms with van der Waals surface area (Å²) in [6.45, 7) is 19.0. The van der Waals surface area contributed by atoms with E-state index in [0.29, 0.717) is 34.9 Å². The van der Waals surface area contributed by atoms with Crippen molar-refractivity contribution in [2.45, 2.75) is 103 Å². The number of fused-ring (bicyclic) bond motifs is 12. The zero-order chi connectivity index (χ0) is 64.3. The molecule has 0 bridgehead atoms. The van der Waals surface area contributed by atoms with Gasteiger partial charge in [-0.25, -0.2) is 29.9 Å². The molecule has 0 radical (unpaired) electrons. The minimum absolute atomic E-state index is 0.0187. The fourth-order valence-corrected chi connectivity index (χ4v) is 17.6. The highest BCUT2D eigenvalue weighted by atomic mass is 32.1. The Morgan fingerprint density at radius 2 is 0.695 bits per heavy atom. The minimum Gasteiger partial charge on any atom is -0.455 e. The molecule has 11 aromatic carbocycles. The van der Waals surface area contributed by atoms with Gasteiger partial charge in [-0.3, -0.25) is 0 Å². The van der Waals surface area contributed by atoms with E-state index in [2.05, 4.69) is 262 Å². The Kier molecular flexibility index (Phi) is 12.9. The van der Waals surface area contributed by atoms with Crippen LogP contribution in [0, 0.1) is 0 Å². The maximum atomic E-state index is 6.61. The average Bonchev–Trinajstić information content (AvgIpc) is 1.25. The zero-order valence-corrected chi connectivity index (χ0v) is 56.2. The monoisotopic (exact) mass is 1260 g/mol. The van der Waals surface area contributed by atoms with Crippen molar-refractivity contribution in [2.75, 3.05) is 0 Å². The van der Waals surface area contributed by atoms with Crippen molar-refractivity contribution >= 4 is 95.7 Å². The largest absolute Gasteiger partial charge is 0.455 e. The van der Waals surface area contributed by atoms with Crippen molar-refractivity contribution < 1.29 is 4.42 Å². The van der Waals surface area contributed by atoms with Crippen molar-refractivity contribution in [3.8, 4) is 90.6 Å². The molecule has 0 fully saturated rings. The van der Waals surface area contributed by atoms with Gasteiger partial charge < -0.3 is 4.42 Å². The van der Waals surface area contributed by atoms with Crippen LogP contribution in [0.5, 0.6) is 0 Å².